The number of primary amides is 1. The molecular formula is C28H29N3O6. The fourth-order valence-corrected chi connectivity index (χ4v) is 6.47. The monoisotopic (exact) mass is 503 g/mol. The SMILES string of the molecule is CN(C)c1ccc(-c2cc(CN)c(O)c3c2CC2CC4CC(=O)C(C(N)=O)C(=O)C4C(=O)C2C3=O)cc1. The first-order valence-electron chi connectivity index (χ1n) is 12.3. The van der Waals surface area contributed by atoms with Crippen molar-refractivity contribution in [3.8, 4) is 16.9 Å². The Bertz CT molecular complexity index is 1360. The Morgan fingerprint density at radius 2 is 1.65 bits per heavy atom. The number of carbonyl (C=O) groups excluding carboxylic acids is 5. The van der Waals surface area contributed by atoms with Crippen LogP contribution in [-0.2, 0) is 32.1 Å². The number of aromatic hydroxyl groups is 1. The molecule has 5 rings (SSSR count). The van der Waals surface area contributed by atoms with Gasteiger partial charge in [0.2, 0.25) is 5.91 Å². The van der Waals surface area contributed by atoms with Gasteiger partial charge < -0.3 is 21.5 Å². The van der Waals surface area contributed by atoms with Gasteiger partial charge in [-0.2, -0.15) is 0 Å². The quantitative estimate of drug-likeness (QED) is 0.528. The third-order valence-corrected chi connectivity index (χ3v) is 8.22. The second-order valence-corrected chi connectivity index (χ2v) is 10.5. The van der Waals surface area contributed by atoms with E-state index in [2.05, 4.69) is 0 Å². The summed E-state index contributed by atoms with van der Waals surface area (Å²) in [6.45, 7) is -0.0111. The number of benzene rings is 2. The van der Waals surface area contributed by atoms with Gasteiger partial charge in [0.15, 0.2) is 29.1 Å². The van der Waals surface area contributed by atoms with Crippen LogP contribution in [0.2, 0.25) is 0 Å². The number of hydrogen-bond acceptors (Lipinski definition) is 8. The second kappa shape index (κ2) is 8.92. The molecule has 5 N–H and O–H groups in total. The normalized spacial score (nSPS) is 26.8. The summed E-state index contributed by atoms with van der Waals surface area (Å²) in [6.07, 6.45) is 0.537. The van der Waals surface area contributed by atoms with Crippen LogP contribution < -0.4 is 16.4 Å². The minimum atomic E-state index is -1.65. The summed E-state index contributed by atoms with van der Waals surface area (Å²) in [4.78, 5) is 66.7. The zero-order chi connectivity index (χ0) is 26.8. The topological polar surface area (TPSA) is 161 Å². The van der Waals surface area contributed by atoms with Gasteiger partial charge in [0, 0.05) is 38.3 Å². The number of ketones is 4. The first-order chi connectivity index (χ1) is 17.5. The molecule has 9 heteroatoms. The van der Waals surface area contributed by atoms with E-state index >= 15 is 0 Å². The van der Waals surface area contributed by atoms with E-state index in [0.717, 1.165) is 16.8 Å². The highest BCUT2D eigenvalue weighted by Crippen LogP contribution is 2.50. The van der Waals surface area contributed by atoms with Crippen LogP contribution in [0.1, 0.15) is 34.3 Å². The van der Waals surface area contributed by atoms with Crippen LogP contribution in [0.3, 0.4) is 0 Å². The van der Waals surface area contributed by atoms with E-state index in [1.54, 1.807) is 6.07 Å². The molecular weight excluding hydrogens is 474 g/mol. The lowest BCUT2D eigenvalue weighted by Crippen LogP contribution is -2.56. The number of Topliss-reactive ketones (excluding diaryl/α,β-unsaturated/α-hetero) is 4. The van der Waals surface area contributed by atoms with Gasteiger partial charge in [0.05, 0.1) is 17.4 Å². The molecule has 5 unspecified atom stereocenters. The van der Waals surface area contributed by atoms with Crippen molar-refractivity contribution < 1.29 is 29.1 Å². The maximum absolute atomic E-state index is 13.8. The molecule has 0 bridgehead atoms. The predicted octanol–water partition coefficient (Wildman–Crippen LogP) is 1.40. The number of anilines is 1. The van der Waals surface area contributed by atoms with Crippen LogP contribution in [0.15, 0.2) is 30.3 Å². The number of nitrogens with two attached hydrogens (primary N) is 2. The molecule has 2 aromatic rings. The highest BCUT2D eigenvalue weighted by molar-refractivity contribution is 6.27. The summed E-state index contributed by atoms with van der Waals surface area (Å²) in [5.74, 6) is -8.84. The van der Waals surface area contributed by atoms with Crippen molar-refractivity contribution in [2.45, 2.75) is 25.8 Å². The van der Waals surface area contributed by atoms with Crippen LogP contribution in [0.4, 0.5) is 5.69 Å². The molecule has 192 valence electrons. The van der Waals surface area contributed by atoms with Gasteiger partial charge in [-0.1, -0.05) is 12.1 Å². The zero-order valence-electron chi connectivity index (χ0n) is 20.7. The number of nitrogens with zero attached hydrogens (tertiary/aromatic N) is 1. The molecule has 1 amide bonds. The predicted molar refractivity (Wildman–Crippen MR) is 135 cm³/mol. The number of fused-ring (bicyclic) bond motifs is 3. The van der Waals surface area contributed by atoms with Gasteiger partial charge in [0.1, 0.15) is 5.75 Å². The molecule has 0 heterocycles. The molecule has 3 aliphatic rings. The van der Waals surface area contributed by atoms with E-state index in [4.69, 9.17) is 11.5 Å². The average Bonchev–Trinajstić information content (AvgIpc) is 2.83. The van der Waals surface area contributed by atoms with Crippen molar-refractivity contribution in [1.82, 2.24) is 0 Å². The Morgan fingerprint density at radius 1 is 1.00 bits per heavy atom. The van der Waals surface area contributed by atoms with Crippen molar-refractivity contribution in [3.63, 3.8) is 0 Å². The Labute approximate surface area is 213 Å². The van der Waals surface area contributed by atoms with Gasteiger partial charge >= 0.3 is 0 Å². The van der Waals surface area contributed by atoms with Crippen LogP contribution in [0.25, 0.3) is 11.1 Å². The molecule has 0 saturated heterocycles. The lowest BCUT2D eigenvalue weighted by molar-refractivity contribution is -0.152. The minimum absolute atomic E-state index is 0.0111. The first-order valence-corrected chi connectivity index (χ1v) is 12.3. The molecule has 0 radical (unpaired) electrons. The van der Waals surface area contributed by atoms with Gasteiger partial charge in [0.25, 0.3) is 0 Å². The van der Waals surface area contributed by atoms with E-state index in [0.29, 0.717) is 24.0 Å². The highest BCUT2D eigenvalue weighted by atomic mass is 16.3. The summed E-state index contributed by atoms with van der Waals surface area (Å²) < 4.78 is 0. The minimum Gasteiger partial charge on any atom is -0.507 e. The summed E-state index contributed by atoms with van der Waals surface area (Å²) in [5.41, 5.74) is 14.8. The largest absolute Gasteiger partial charge is 0.507 e. The number of amides is 1. The fraction of sp³-hybridized carbons (Fsp3) is 0.393. The first kappa shape index (κ1) is 24.8. The lowest BCUT2D eigenvalue weighted by Gasteiger charge is -2.44. The van der Waals surface area contributed by atoms with Crippen molar-refractivity contribution in [2.75, 3.05) is 19.0 Å². The molecule has 0 aliphatic heterocycles. The maximum atomic E-state index is 13.8. The summed E-state index contributed by atoms with van der Waals surface area (Å²) in [5, 5.41) is 11.0. The highest BCUT2D eigenvalue weighted by Gasteiger charge is 2.57. The molecule has 5 atom stereocenters. The number of carbonyl (C=O) groups is 5. The van der Waals surface area contributed by atoms with Crippen LogP contribution in [0.5, 0.6) is 5.75 Å². The third kappa shape index (κ3) is 3.76. The van der Waals surface area contributed by atoms with Crippen molar-refractivity contribution in [1.29, 1.82) is 0 Å². The number of phenolic OH excluding ortho intramolecular Hbond substituents is 1. The number of rotatable bonds is 4. The molecule has 0 spiro atoms. The molecule has 2 fully saturated rings. The van der Waals surface area contributed by atoms with Gasteiger partial charge in [-0.25, -0.2) is 0 Å². The number of phenols is 1. The molecule has 9 nitrogen and oxygen atoms in total. The smallest absolute Gasteiger partial charge is 0.235 e. The summed E-state index contributed by atoms with van der Waals surface area (Å²) in [6, 6.07) is 9.55. The van der Waals surface area contributed by atoms with Crippen molar-refractivity contribution >= 4 is 34.7 Å². The van der Waals surface area contributed by atoms with E-state index in [-0.39, 0.29) is 24.3 Å². The van der Waals surface area contributed by atoms with Crippen molar-refractivity contribution in [2.24, 2.45) is 41.1 Å². The van der Waals surface area contributed by atoms with E-state index in [1.807, 2.05) is 43.3 Å². The zero-order valence-corrected chi connectivity index (χ0v) is 20.7. The van der Waals surface area contributed by atoms with Crippen LogP contribution in [0, 0.1) is 29.6 Å². The molecule has 2 aromatic carbocycles. The Morgan fingerprint density at radius 3 is 2.24 bits per heavy atom. The Hall–Kier alpha value is -3.85. The van der Waals surface area contributed by atoms with E-state index in [9.17, 15) is 29.1 Å². The average molecular weight is 504 g/mol. The second-order valence-electron chi connectivity index (χ2n) is 10.5. The van der Waals surface area contributed by atoms with E-state index in [1.165, 1.54) is 0 Å². The van der Waals surface area contributed by atoms with Gasteiger partial charge in [-0.3, -0.25) is 24.0 Å². The molecule has 37 heavy (non-hydrogen) atoms. The molecule has 2 saturated carbocycles. The third-order valence-electron chi connectivity index (χ3n) is 8.22. The maximum Gasteiger partial charge on any atom is 0.235 e. The number of hydrogen-bond donors (Lipinski definition) is 3. The van der Waals surface area contributed by atoms with Gasteiger partial charge in [-0.15, -0.1) is 0 Å². The fourth-order valence-electron chi connectivity index (χ4n) is 6.47. The Balaban J connectivity index is 1.61. The van der Waals surface area contributed by atoms with Crippen molar-refractivity contribution in [3.05, 3.63) is 47.0 Å². The summed E-state index contributed by atoms with van der Waals surface area (Å²) in [7, 11) is 3.87. The van der Waals surface area contributed by atoms with Gasteiger partial charge in [-0.05, 0) is 59.6 Å². The van der Waals surface area contributed by atoms with Crippen LogP contribution >= 0.6 is 0 Å². The lowest BCUT2D eigenvalue weighted by atomic mass is 9.55. The van der Waals surface area contributed by atoms with E-state index < -0.39 is 58.6 Å². The molecule has 0 aromatic heterocycles. The summed E-state index contributed by atoms with van der Waals surface area (Å²) >= 11 is 0. The standard InChI is InChI=1S/C28H29N3O6/c1-31(2)16-5-3-12(4-6-16)17-9-15(11-29)24(33)22-18(17)8-13-7-14-10-19(32)23(28(30)37)27(36)21(14)25(34)20(13)26(22)35/h3-6,9,13-14,20-21,23,33H,7-8,10-11,29H2,1-2H3,(H2,30,37). The molecule has 3 aliphatic carbocycles. The Kier molecular flexibility index (Phi) is 5.98. The van der Waals surface area contributed by atoms with Crippen LogP contribution in [-0.4, -0.2) is 48.2 Å².